The van der Waals surface area contributed by atoms with Crippen molar-refractivity contribution in [3.8, 4) is 0 Å². The van der Waals surface area contributed by atoms with Gasteiger partial charge in [-0.25, -0.2) is 0 Å². The van der Waals surface area contributed by atoms with Crippen LogP contribution in [0.4, 0.5) is 0 Å². The zero-order valence-electron chi connectivity index (χ0n) is 17.6. The Morgan fingerprint density at radius 3 is 2.79 bits per heavy atom. The van der Waals surface area contributed by atoms with E-state index in [2.05, 4.69) is 11.9 Å². The molecule has 6 atom stereocenters. The minimum absolute atomic E-state index is 0.00555. The number of rotatable bonds is 2. The van der Waals surface area contributed by atoms with Gasteiger partial charge in [-0.15, -0.1) is 0 Å². The molecule has 2 bridgehead atoms. The second-order valence-corrected chi connectivity index (χ2v) is 10.3. The second kappa shape index (κ2) is 6.29. The molecule has 28 heavy (non-hydrogen) atoms. The lowest BCUT2D eigenvalue weighted by atomic mass is 9.50. The van der Waals surface area contributed by atoms with Crippen LogP contribution in [0, 0.1) is 28.6 Å². The van der Waals surface area contributed by atoms with E-state index in [-0.39, 0.29) is 22.7 Å². The van der Waals surface area contributed by atoms with E-state index >= 15 is 0 Å². The summed E-state index contributed by atoms with van der Waals surface area (Å²) in [5.41, 5.74) is 3.31. The van der Waals surface area contributed by atoms with Crippen LogP contribution in [-0.4, -0.2) is 55.6 Å². The Morgan fingerprint density at radius 1 is 1.32 bits per heavy atom. The number of ether oxygens (including phenoxy) is 2. The smallest absolute Gasteiger partial charge is 0.309 e. The molecule has 0 aromatic rings. The molecule has 0 aromatic carbocycles. The van der Waals surface area contributed by atoms with E-state index in [1.165, 1.54) is 20.0 Å². The van der Waals surface area contributed by atoms with Crippen LogP contribution in [0.2, 0.25) is 0 Å². The first-order valence-electron chi connectivity index (χ1n) is 11.2. The number of methoxy groups -OCH3 is 1. The quantitative estimate of drug-likeness (QED) is 0.581. The highest BCUT2D eigenvalue weighted by atomic mass is 16.6. The van der Waals surface area contributed by atoms with Gasteiger partial charge >= 0.3 is 5.97 Å². The molecule has 2 spiro atoms. The van der Waals surface area contributed by atoms with Crippen molar-refractivity contribution in [2.75, 3.05) is 33.9 Å². The van der Waals surface area contributed by atoms with Crippen molar-refractivity contribution in [1.29, 1.82) is 0 Å². The number of aliphatic hydroxyl groups is 1. The van der Waals surface area contributed by atoms with Gasteiger partial charge in [0.2, 0.25) is 0 Å². The number of esters is 1. The Bertz CT molecular complexity index is 707. The van der Waals surface area contributed by atoms with Crippen molar-refractivity contribution in [1.82, 2.24) is 4.90 Å². The van der Waals surface area contributed by atoms with Gasteiger partial charge in [-0.1, -0.05) is 18.1 Å². The molecule has 1 N–H and O–H groups in total. The third-order valence-corrected chi connectivity index (χ3v) is 9.30. The number of nitrogens with zero attached hydrogens (tertiary/aromatic N) is 1. The Labute approximate surface area is 168 Å². The molecule has 0 amide bonds. The van der Waals surface area contributed by atoms with E-state index in [1.807, 2.05) is 6.92 Å². The molecule has 0 aromatic heterocycles. The predicted octanol–water partition coefficient (Wildman–Crippen LogP) is 3.12. The second-order valence-electron chi connectivity index (χ2n) is 10.3. The average molecular weight is 390 g/mol. The summed E-state index contributed by atoms with van der Waals surface area (Å²) in [4.78, 5) is 15.3. The normalized spacial score (nSPS) is 47.9. The van der Waals surface area contributed by atoms with Gasteiger partial charge < -0.3 is 19.5 Å². The third-order valence-electron chi connectivity index (χ3n) is 9.30. The first-order valence-corrected chi connectivity index (χ1v) is 11.2. The first kappa shape index (κ1) is 19.1. The number of likely N-dealkylation sites (tertiary alicyclic amines) is 1. The molecule has 3 fully saturated rings. The summed E-state index contributed by atoms with van der Waals surface area (Å²) in [7, 11) is 3.78. The molecule has 0 unspecified atom stereocenters. The molecule has 2 heterocycles. The van der Waals surface area contributed by atoms with E-state index in [9.17, 15) is 9.90 Å². The number of hydrogen-bond acceptors (Lipinski definition) is 5. The van der Waals surface area contributed by atoms with Gasteiger partial charge in [0.15, 0.2) is 5.79 Å². The van der Waals surface area contributed by atoms with Gasteiger partial charge in [0.25, 0.3) is 0 Å². The SMILES string of the molecule is CC[C@@]1(O)CC[C@@]2(CO1)[C@@H]1CCC3=C4[C@H](CC3)[C@H](C(=O)OC)C[C@]42CN(C)C1. The van der Waals surface area contributed by atoms with Crippen LogP contribution in [0.3, 0.4) is 0 Å². The number of piperidine rings is 1. The average Bonchev–Trinajstić information content (AvgIpc) is 3.23. The molecule has 0 radical (unpaired) electrons. The lowest BCUT2D eigenvalue weighted by Gasteiger charge is -2.61. The largest absolute Gasteiger partial charge is 0.469 e. The molecule has 3 aliphatic carbocycles. The van der Waals surface area contributed by atoms with E-state index in [0.29, 0.717) is 31.3 Å². The number of carbonyl (C=O) groups is 1. The van der Waals surface area contributed by atoms with Crippen LogP contribution in [-0.2, 0) is 14.3 Å². The maximum absolute atomic E-state index is 12.8. The van der Waals surface area contributed by atoms with Crippen LogP contribution in [0.25, 0.3) is 0 Å². The molecule has 2 aliphatic heterocycles. The minimum atomic E-state index is -0.971. The summed E-state index contributed by atoms with van der Waals surface area (Å²) in [5.74, 6) is -0.0810. The van der Waals surface area contributed by atoms with Crippen molar-refractivity contribution in [2.24, 2.45) is 28.6 Å². The first-order chi connectivity index (χ1) is 13.4. The van der Waals surface area contributed by atoms with Gasteiger partial charge in [0, 0.05) is 30.3 Å². The Hall–Kier alpha value is -0.910. The van der Waals surface area contributed by atoms with Crippen molar-refractivity contribution in [2.45, 2.75) is 64.1 Å². The monoisotopic (exact) mass is 389 g/mol. The van der Waals surface area contributed by atoms with Gasteiger partial charge in [-0.05, 0) is 63.8 Å². The summed E-state index contributed by atoms with van der Waals surface area (Å²) in [6.07, 6.45) is 7.92. The van der Waals surface area contributed by atoms with Crippen LogP contribution in [0.1, 0.15) is 58.3 Å². The third kappa shape index (κ3) is 2.33. The molecule has 156 valence electrons. The Balaban J connectivity index is 1.64. The van der Waals surface area contributed by atoms with E-state index < -0.39 is 5.79 Å². The summed E-state index contributed by atoms with van der Waals surface area (Å²) in [5, 5.41) is 10.8. The molecule has 1 saturated carbocycles. The molecule has 5 heteroatoms. The number of allylic oxidation sites excluding steroid dienone is 1. The van der Waals surface area contributed by atoms with Gasteiger partial charge in [-0.3, -0.25) is 4.79 Å². The molecule has 5 nitrogen and oxygen atoms in total. The molecule has 2 saturated heterocycles. The highest BCUT2D eigenvalue weighted by Gasteiger charge is 2.69. The highest BCUT2D eigenvalue weighted by molar-refractivity contribution is 5.75. The fourth-order valence-corrected chi connectivity index (χ4v) is 8.02. The summed E-state index contributed by atoms with van der Waals surface area (Å²) in [6, 6.07) is 0. The van der Waals surface area contributed by atoms with Crippen LogP contribution < -0.4 is 0 Å². The Kier molecular flexibility index (Phi) is 4.29. The topological polar surface area (TPSA) is 59.0 Å². The summed E-state index contributed by atoms with van der Waals surface area (Å²) in [6.45, 7) is 4.76. The molecule has 5 rings (SSSR count). The molecular formula is C23H35NO4. The van der Waals surface area contributed by atoms with E-state index in [0.717, 1.165) is 38.8 Å². The standard InChI is InChI=1S/C23H35NO4/c1-4-23(26)10-9-21(14-28-23)16-7-5-15-6-8-17-18(20(25)27-3)11-22(21,19(15)17)13-24(2)12-16/h16-18,26H,4-14H2,1-3H3/t16-,17-,18-,21-,22+,23+/m1/s1. The summed E-state index contributed by atoms with van der Waals surface area (Å²) >= 11 is 0. The van der Waals surface area contributed by atoms with Crippen molar-refractivity contribution < 1.29 is 19.4 Å². The Morgan fingerprint density at radius 2 is 2.11 bits per heavy atom. The van der Waals surface area contributed by atoms with E-state index in [4.69, 9.17) is 9.47 Å². The van der Waals surface area contributed by atoms with Crippen molar-refractivity contribution >= 4 is 5.97 Å². The predicted molar refractivity (Wildman–Crippen MR) is 105 cm³/mol. The van der Waals surface area contributed by atoms with E-state index in [1.54, 1.807) is 11.1 Å². The highest BCUT2D eigenvalue weighted by Crippen LogP contribution is 2.71. The molecular weight excluding hydrogens is 354 g/mol. The van der Waals surface area contributed by atoms with Crippen molar-refractivity contribution in [3.63, 3.8) is 0 Å². The fraction of sp³-hybridized carbons (Fsp3) is 0.870. The van der Waals surface area contributed by atoms with Gasteiger partial charge in [0.1, 0.15) is 0 Å². The number of hydrogen-bond donors (Lipinski definition) is 1. The van der Waals surface area contributed by atoms with Gasteiger partial charge in [0.05, 0.1) is 19.6 Å². The minimum Gasteiger partial charge on any atom is -0.469 e. The lowest BCUT2D eigenvalue weighted by molar-refractivity contribution is -0.284. The summed E-state index contributed by atoms with van der Waals surface area (Å²) < 4.78 is 11.5. The zero-order chi connectivity index (χ0) is 19.7. The molecule has 5 aliphatic rings. The fourth-order valence-electron chi connectivity index (χ4n) is 8.02. The maximum Gasteiger partial charge on any atom is 0.309 e. The lowest BCUT2D eigenvalue weighted by Crippen LogP contribution is -2.64. The van der Waals surface area contributed by atoms with Crippen LogP contribution >= 0.6 is 0 Å². The zero-order valence-corrected chi connectivity index (χ0v) is 17.6. The van der Waals surface area contributed by atoms with Crippen molar-refractivity contribution in [3.05, 3.63) is 11.1 Å². The number of carbonyl (C=O) groups excluding carboxylic acids is 1. The van der Waals surface area contributed by atoms with Gasteiger partial charge in [-0.2, -0.15) is 0 Å². The van der Waals surface area contributed by atoms with Crippen LogP contribution in [0.15, 0.2) is 11.1 Å². The maximum atomic E-state index is 12.8. The van der Waals surface area contributed by atoms with Crippen LogP contribution in [0.5, 0.6) is 0 Å².